The van der Waals surface area contributed by atoms with Crippen LogP contribution in [0.2, 0.25) is 0 Å². The number of Topliss-reactive ketones (excluding diaryl/α,β-unsaturated/α-hetero) is 1. The SMILES string of the molecule is CCCCOc1ccc(NC(=O)c2cccc(SCC(=O)c3ccccc3)c2)cc1. The lowest BCUT2D eigenvalue weighted by Gasteiger charge is -2.09. The minimum atomic E-state index is -0.188. The summed E-state index contributed by atoms with van der Waals surface area (Å²) >= 11 is 1.43. The van der Waals surface area contributed by atoms with Gasteiger partial charge in [-0.05, 0) is 48.9 Å². The van der Waals surface area contributed by atoms with Gasteiger partial charge in [-0.3, -0.25) is 9.59 Å². The van der Waals surface area contributed by atoms with Crippen LogP contribution in [0.5, 0.6) is 5.75 Å². The average Bonchev–Trinajstić information content (AvgIpc) is 2.79. The lowest BCUT2D eigenvalue weighted by molar-refractivity contribution is 0.101. The van der Waals surface area contributed by atoms with Crippen LogP contribution in [0.15, 0.2) is 83.8 Å². The van der Waals surface area contributed by atoms with Crippen molar-refractivity contribution in [3.63, 3.8) is 0 Å². The van der Waals surface area contributed by atoms with E-state index in [0.717, 1.165) is 23.5 Å². The van der Waals surface area contributed by atoms with Crippen LogP contribution in [0, 0.1) is 0 Å². The number of hydrogen-bond donors (Lipinski definition) is 1. The molecule has 0 aromatic heterocycles. The molecule has 3 aromatic rings. The third-order valence-corrected chi connectivity index (χ3v) is 5.43. The van der Waals surface area contributed by atoms with Crippen molar-refractivity contribution in [2.75, 3.05) is 17.7 Å². The van der Waals surface area contributed by atoms with Gasteiger partial charge < -0.3 is 10.1 Å². The molecule has 3 rings (SSSR count). The zero-order valence-electron chi connectivity index (χ0n) is 17.0. The summed E-state index contributed by atoms with van der Waals surface area (Å²) in [5, 5.41) is 2.90. The quantitative estimate of drug-likeness (QED) is 0.245. The molecule has 0 heterocycles. The summed E-state index contributed by atoms with van der Waals surface area (Å²) in [5.74, 6) is 1.00. The second-order valence-corrected chi connectivity index (χ2v) is 7.83. The van der Waals surface area contributed by atoms with E-state index in [1.807, 2.05) is 66.7 Å². The van der Waals surface area contributed by atoms with E-state index in [4.69, 9.17) is 4.74 Å². The summed E-state index contributed by atoms with van der Waals surface area (Å²) in [7, 11) is 0. The van der Waals surface area contributed by atoms with Crippen molar-refractivity contribution in [2.45, 2.75) is 24.7 Å². The number of ether oxygens (including phenoxy) is 1. The first-order valence-corrected chi connectivity index (χ1v) is 11.0. The predicted molar refractivity (Wildman–Crippen MR) is 123 cm³/mol. The molecule has 30 heavy (non-hydrogen) atoms. The van der Waals surface area contributed by atoms with Crippen LogP contribution >= 0.6 is 11.8 Å². The van der Waals surface area contributed by atoms with Gasteiger partial charge in [0.15, 0.2) is 5.78 Å². The summed E-state index contributed by atoms with van der Waals surface area (Å²) in [5.41, 5.74) is 1.96. The van der Waals surface area contributed by atoms with Gasteiger partial charge >= 0.3 is 0 Å². The number of nitrogens with one attached hydrogen (secondary N) is 1. The second kappa shape index (κ2) is 11.2. The number of carbonyl (C=O) groups excluding carboxylic acids is 2. The Morgan fingerprint density at radius 1 is 0.900 bits per heavy atom. The van der Waals surface area contributed by atoms with Gasteiger partial charge in [-0.15, -0.1) is 11.8 Å². The van der Waals surface area contributed by atoms with Gasteiger partial charge in [-0.2, -0.15) is 0 Å². The Morgan fingerprint density at radius 3 is 2.37 bits per heavy atom. The third-order valence-electron chi connectivity index (χ3n) is 4.44. The largest absolute Gasteiger partial charge is 0.494 e. The van der Waals surface area contributed by atoms with Crippen molar-refractivity contribution in [1.82, 2.24) is 0 Å². The van der Waals surface area contributed by atoms with Gasteiger partial charge in [0.1, 0.15) is 5.75 Å². The molecule has 0 fully saturated rings. The van der Waals surface area contributed by atoms with Crippen LogP contribution in [0.25, 0.3) is 0 Å². The highest BCUT2D eigenvalue weighted by atomic mass is 32.2. The van der Waals surface area contributed by atoms with Gasteiger partial charge in [0, 0.05) is 21.7 Å². The molecule has 0 unspecified atom stereocenters. The maximum absolute atomic E-state index is 12.6. The first kappa shape index (κ1) is 21.7. The number of ketones is 1. The average molecular weight is 420 g/mol. The maximum Gasteiger partial charge on any atom is 0.255 e. The molecule has 0 atom stereocenters. The van der Waals surface area contributed by atoms with E-state index in [9.17, 15) is 9.59 Å². The van der Waals surface area contributed by atoms with Crippen LogP contribution in [0.1, 0.15) is 40.5 Å². The summed E-state index contributed by atoms with van der Waals surface area (Å²) in [6.45, 7) is 2.82. The highest BCUT2D eigenvalue weighted by molar-refractivity contribution is 8.00. The van der Waals surface area contributed by atoms with E-state index >= 15 is 0 Å². The summed E-state index contributed by atoms with van der Waals surface area (Å²) < 4.78 is 5.64. The van der Waals surface area contributed by atoms with Crippen molar-refractivity contribution in [3.8, 4) is 5.75 Å². The Kier molecular flexibility index (Phi) is 8.10. The Morgan fingerprint density at radius 2 is 1.63 bits per heavy atom. The van der Waals surface area contributed by atoms with E-state index in [1.54, 1.807) is 12.1 Å². The van der Waals surface area contributed by atoms with Gasteiger partial charge in [-0.1, -0.05) is 49.7 Å². The third kappa shape index (κ3) is 6.49. The number of hydrogen-bond acceptors (Lipinski definition) is 4. The standard InChI is InChI=1S/C25H25NO3S/c1-2-3-16-29-22-14-12-21(13-15-22)26-25(28)20-10-7-11-23(17-20)30-18-24(27)19-8-5-4-6-9-19/h4-15,17H,2-3,16,18H2,1H3,(H,26,28). The molecule has 0 radical (unpaired) electrons. The first-order valence-electron chi connectivity index (χ1n) is 10.0. The molecule has 3 aromatic carbocycles. The predicted octanol–water partition coefficient (Wildman–Crippen LogP) is 6.09. The maximum atomic E-state index is 12.6. The van der Waals surface area contributed by atoms with Crippen LogP contribution in [0.3, 0.4) is 0 Å². The smallest absolute Gasteiger partial charge is 0.255 e. The monoisotopic (exact) mass is 419 g/mol. The van der Waals surface area contributed by atoms with Crippen LogP contribution in [-0.2, 0) is 0 Å². The Hall–Kier alpha value is -3.05. The van der Waals surface area contributed by atoms with Gasteiger partial charge in [-0.25, -0.2) is 0 Å². The Balaban J connectivity index is 1.56. The fourth-order valence-corrected chi connectivity index (χ4v) is 3.61. The lowest BCUT2D eigenvalue weighted by atomic mass is 10.2. The van der Waals surface area contributed by atoms with Crippen molar-refractivity contribution in [3.05, 3.63) is 90.0 Å². The normalized spacial score (nSPS) is 10.4. The van der Waals surface area contributed by atoms with E-state index in [0.29, 0.717) is 29.2 Å². The van der Waals surface area contributed by atoms with Crippen molar-refractivity contribution in [1.29, 1.82) is 0 Å². The van der Waals surface area contributed by atoms with Gasteiger partial charge in [0.25, 0.3) is 5.91 Å². The number of benzene rings is 3. The number of carbonyl (C=O) groups is 2. The van der Waals surface area contributed by atoms with E-state index < -0.39 is 0 Å². The van der Waals surface area contributed by atoms with E-state index in [1.165, 1.54) is 11.8 Å². The topological polar surface area (TPSA) is 55.4 Å². The molecular weight excluding hydrogens is 394 g/mol. The number of anilines is 1. The minimum Gasteiger partial charge on any atom is -0.494 e. The molecule has 1 amide bonds. The Bertz CT molecular complexity index is 971. The molecule has 0 saturated carbocycles. The van der Waals surface area contributed by atoms with Crippen LogP contribution in [0.4, 0.5) is 5.69 Å². The fourth-order valence-electron chi connectivity index (χ4n) is 2.76. The molecule has 0 aliphatic rings. The molecular formula is C25H25NO3S. The Labute approximate surface area is 181 Å². The molecule has 0 bridgehead atoms. The molecule has 0 aliphatic carbocycles. The van der Waals surface area contributed by atoms with Crippen molar-refractivity contribution >= 4 is 29.1 Å². The molecule has 0 saturated heterocycles. The minimum absolute atomic E-state index is 0.0664. The molecule has 4 nitrogen and oxygen atoms in total. The molecule has 0 spiro atoms. The van der Waals surface area contributed by atoms with E-state index in [-0.39, 0.29) is 11.7 Å². The lowest BCUT2D eigenvalue weighted by Crippen LogP contribution is -2.12. The van der Waals surface area contributed by atoms with E-state index in [2.05, 4.69) is 12.2 Å². The van der Waals surface area contributed by atoms with Crippen LogP contribution < -0.4 is 10.1 Å². The first-order chi connectivity index (χ1) is 14.7. The molecule has 5 heteroatoms. The summed E-state index contributed by atoms with van der Waals surface area (Å²) in [6, 6.07) is 23.9. The number of amides is 1. The van der Waals surface area contributed by atoms with Gasteiger partial charge in [0.2, 0.25) is 0 Å². The molecule has 154 valence electrons. The highest BCUT2D eigenvalue weighted by Gasteiger charge is 2.10. The molecule has 0 aliphatic heterocycles. The van der Waals surface area contributed by atoms with Gasteiger partial charge in [0.05, 0.1) is 12.4 Å². The molecule has 1 N–H and O–H groups in total. The van der Waals surface area contributed by atoms with Crippen LogP contribution in [-0.4, -0.2) is 24.1 Å². The summed E-state index contributed by atoms with van der Waals surface area (Å²) in [6.07, 6.45) is 2.11. The zero-order valence-corrected chi connectivity index (χ0v) is 17.8. The van der Waals surface area contributed by atoms with Crippen molar-refractivity contribution in [2.24, 2.45) is 0 Å². The fraction of sp³-hybridized carbons (Fsp3) is 0.200. The number of rotatable bonds is 10. The van der Waals surface area contributed by atoms with Crippen molar-refractivity contribution < 1.29 is 14.3 Å². The number of thioether (sulfide) groups is 1. The zero-order chi connectivity index (χ0) is 21.2. The number of unbranched alkanes of at least 4 members (excludes halogenated alkanes) is 1. The highest BCUT2D eigenvalue weighted by Crippen LogP contribution is 2.22. The second-order valence-electron chi connectivity index (χ2n) is 6.79. The summed E-state index contributed by atoms with van der Waals surface area (Å²) in [4.78, 5) is 25.8.